The number of anilines is 1. The maximum Gasteiger partial charge on any atom is 0.333 e. The van der Waals surface area contributed by atoms with E-state index in [1.54, 1.807) is 18.9 Å². The third kappa shape index (κ3) is 10.4. The van der Waals surface area contributed by atoms with Crippen LogP contribution in [0.3, 0.4) is 0 Å². The number of amides is 2. The van der Waals surface area contributed by atoms with Gasteiger partial charge in [0.1, 0.15) is 18.1 Å². The molecule has 3 rings (SSSR count). The van der Waals surface area contributed by atoms with Crippen LogP contribution in [0.5, 0.6) is 11.5 Å². The number of carbonyl (C=O) groups is 2. The molecule has 39 heavy (non-hydrogen) atoms. The molecule has 214 valence electrons. The van der Waals surface area contributed by atoms with E-state index in [4.69, 9.17) is 14.2 Å². The molecule has 1 aliphatic carbocycles. The molecule has 0 aliphatic heterocycles. The molecule has 1 aliphatic rings. The van der Waals surface area contributed by atoms with Gasteiger partial charge < -0.3 is 29.5 Å². The Morgan fingerprint density at radius 1 is 1.03 bits per heavy atom. The lowest BCUT2D eigenvalue weighted by atomic mass is 9.86. The lowest BCUT2D eigenvalue weighted by molar-refractivity contribution is -0.149. The fourth-order valence-electron chi connectivity index (χ4n) is 5.10. The van der Waals surface area contributed by atoms with Gasteiger partial charge in [0.25, 0.3) is 0 Å². The smallest absolute Gasteiger partial charge is 0.333 e. The van der Waals surface area contributed by atoms with Crippen LogP contribution >= 0.6 is 0 Å². The molecule has 2 N–H and O–H groups in total. The fourth-order valence-corrected chi connectivity index (χ4v) is 5.10. The summed E-state index contributed by atoms with van der Waals surface area (Å²) in [6.45, 7) is 3.57. The average Bonchev–Trinajstić information content (AvgIpc) is 2.95. The number of urea groups is 1. The van der Waals surface area contributed by atoms with Crippen molar-refractivity contribution >= 4 is 17.7 Å². The number of benzene rings is 2. The first-order chi connectivity index (χ1) is 19.0. The minimum Gasteiger partial charge on any atom is -0.495 e. The Bertz CT molecular complexity index is 1010. The molecule has 1 saturated carbocycles. The van der Waals surface area contributed by atoms with Crippen LogP contribution in [0.4, 0.5) is 10.5 Å². The molecular formula is C31H44N2O6. The van der Waals surface area contributed by atoms with Gasteiger partial charge in [0.2, 0.25) is 0 Å². The zero-order valence-electron chi connectivity index (χ0n) is 23.4. The summed E-state index contributed by atoms with van der Waals surface area (Å²) < 4.78 is 16.6. The van der Waals surface area contributed by atoms with Crippen molar-refractivity contribution < 1.29 is 28.9 Å². The normalized spacial score (nSPS) is 14.4. The minimum absolute atomic E-state index is 0.174. The Kier molecular flexibility index (Phi) is 12.9. The van der Waals surface area contributed by atoms with Crippen LogP contribution in [-0.4, -0.2) is 61.5 Å². The molecule has 0 radical (unpaired) electrons. The first-order valence-electron chi connectivity index (χ1n) is 14.2. The van der Waals surface area contributed by atoms with E-state index in [1.807, 2.05) is 48.5 Å². The molecule has 0 aromatic heterocycles. The van der Waals surface area contributed by atoms with E-state index in [1.165, 1.54) is 38.5 Å². The lowest BCUT2D eigenvalue weighted by Crippen LogP contribution is -2.38. The summed E-state index contributed by atoms with van der Waals surface area (Å²) >= 11 is 0. The van der Waals surface area contributed by atoms with Crippen LogP contribution < -0.4 is 14.8 Å². The van der Waals surface area contributed by atoms with Crippen LogP contribution in [0.1, 0.15) is 63.9 Å². The zero-order chi connectivity index (χ0) is 27.9. The lowest BCUT2D eigenvalue weighted by Gasteiger charge is -2.25. The van der Waals surface area contributed by atoms with Gasteiger partial charge in [-0.3, -0.25) is 0 Å². The minimum atomic E-state index is -0.970. The van der Waals surface area contributed by atoms with E-state index < -0.39 is 12.1 Å². The van der Waals surface area contributed by atoms with Crippen LogP contribution in [0.15, 0.2) is 48.5 Å². The second kappa shape index (κ2) is 16.6. The third-order valence-corrected chi connectivity index (χ3v) is 7.27. The van der Waals surface area contributed by atoms with Crippen molar-refractivity contribution in [3.05, 3.63) is 54.1 Å². The summed E-state index contributed by atoms with van der Waals surface area (Å²) in [5.41, 5.74) is 1.50. The van der Waals surface area contributed by atoms with Gasteiger partial charge in [-0.05, 0) is 49.1 Å². The van der Waals surface area contributed by atoms with Gasteiger partial charge in [-0.25, -0.2) is 9.59 Å². The quantitative estimate of drug-likeness (QED) is 0.240. The number of hydrogen-bond donors (Lipinski definition) is 2. The number of rotatable bonds is 16. The second-order valence-corrected chi connectivity index (χ2v) is 10.1. The van der Waals surface area contributed by atoms with Crippen molar-refractivity contribution in [3.8, 4) is 11.5 Å². The fraction of sp³-hybridized carbons (Fsp3) is 0.548. The molecular weight excluding hydrogens is 496 g/mol. The summed E-state index contributed by atoms with van der Waals surface area (Å²) in [6, 6.07) is 14.6. The molecule has 1 unspecified atom stereocenters. The van der Waals surface area contributed by atoms with Crippen molar-refractivity contribution in [3.63, 3.8) is 0 Å². The Balaban J connectivity index is 1.53. The molecule has 2 amide bonds. The van der Waals surface area contributed by atoms with Crippen molar-refractivity contribution in [1.29, 1.82) is 0 Å². The number of unbranched alkanes of at least 4 members (excludes halogenated alkanes) is 1. The predicted octanol–water partition coefficient (Wildman–Crippen LogP) is 6.39. The summed E-state index contributed by atoms with van der Waals surface area (Å²) in [7, 11) is 1.59. The number of ether oxygens (including phenoxy) is 3. The van der Waals surface area contributed by atoms with E-state index in [-0.39, 0.29) is 6.03 Å². The number of carbonyl (C=O) groups excluding carboxylic acids is 1. The van der Waals surface area contributed by atoms with Gasteiger partial charge in [0.15, 0.2) is 6.10 Å². The van der Waals surface area contributed by atoms with E-state index >= 15 is 0 Å². The maximum absolute atomic E-state index is 13.2. The van der Waals surface area contributed by atoms with Gasteiger partial charge in [0, 0.05) is 19.6 Å². The first-order valence-corrected chi connectivity index (χ1v) is 14.2. The number of para-hydroxylation sites is 2. The molecule has 8 heteroatoms. The highest BCUT2D eigenvalue weighted by Gasteiger charge is 2.19. The van der Waals surface area contributed by atoms with Crippen molar-refractivity contribution in [2.45, 2.75) is 70.8 Å². The van der Waals surface area contributed by atoms with Gasteiger partial charge in [-0.15, -0.1) is 0 Å². The van der Waals surface area contributed by atoms with E-state index in [0.29, 0.717) is 49.9 Å². The number of carboxylic acid groups (broad SMARTS) is 1. The van der Waals surface area contributed by atoms with Crippen molar-refractivity contribution in [2.75, 3.05) is 38.7 Å². The summed E-state index contributed by atoms with van der Waals surface area (Å²) in [5.74, 6) is 1.15. The highest BCUT2D eigenvalue weighted by atomic mass is 16.5. The molecule has 1 fully saturated rings. The second-order valence-electron chi connectivity index (χ2n) is 10.1. The molecule has 1 atom stereocenters. The number of aliphatic carboxylic acids is 1. The summed E-state index contributed by atoms with van der Waals surface area (Å²) in [4.78, 5) is 26.4. The number of methoxy groups -OCH3 is 1. The summed E-state index contributed by atoms with van der Waals surface area (Å²) in [5, 5.41) is 12.3. The third-order valence-electron chi connectivity index (χ3n) is 7.27. The Labute approximate surface area is 232 Å². The Hall–Kier alpha value is -3.26. The Morgan fingerprint density at radius 3 is 2.46 bits per heavy atom. The molecule has 0 saturated heterocycles. The summed E-state index contributed by atoms with van der Waals surface area (Å²) in [6.07, 6.45) is 9.48. The largest absolute Gasteiger partial charge is 0.495 e. The molecule has 0 heterocycles. The van der Waals surface area contributed by atoms with Crippen molar-refractivity contribution in [1.82, 2.24) is 4.90 Å². The molecule has 2 aromatic carbocycles. The number of nitrogens with zero attached hydrogens (tertiary/aromatic N) is 1. The molecule has 2 aromatic rings. The van der Waals surface area contributed by atoms with E-state index in [9.17, 15) is 14.7 Å². The standard InChI is InChI=1S/C31H44N2O6/c1-3-38-29(30(34)35)23-25-16-18-26(19-17-25)39-22-21-33(20-10-9-13-24-11-5-4-6-12-24)31(36)32-27-14-7-8-15-28(27)37-2/h7-8,14-19,24,29H,3-6,9-13,20-23H2,1-2H3,(H,32,36)(H,34,35). The van der Waals surface area contributed by atoms with Crippen LogP contribution in [0.25, 0.3) is 0 Å². The highest BCUT2D eigenvalue weighted by molar-refractivity contribution is 5.91. The Morgan fingerprint density at radius 2 is 1.77 bits per heavy atom. The van der Waals surface area contributed by atoms with E-state index in [0.717, 1.165) is 24.3 Å². The number of hydrogen-bond acceptors (Lipinski definition) is 5. The SMILES string of the molecule is CCOC(Cc1ccc(OCCN(CCCCC2CCCCC2)C(=O)Nc2ccccc2OC)cc1)C(=O)O. The van der Waals surface area contributed by atoms with Crippen LogP contribution in [-0.2, 0) is 16.0 Å². The average molecular weight is 541 g/mol. The van der Waals surface area contributed by atoms with Gasteiger partial charge in [0.05, 0.1) is 19.3 Å². The monoisotopic (exact) mass is 540 g/mol. The number of carboxylic acids is 1. The van der Waals surface area contributed by atoms with Gasteiger partial charge >= 0.3 is 12.0 Å². The van der Waals surface area contributed by atoms with Gasteiger partial charge in [-0.2, -0.15) is 0 Å². The van der Waals surface area contributed by atoms with E-state index in [2.05, 4.69) is 5.32 Å². The first kappa shape index (κ1) is 30.3. The molecule has 8 nitrogen and oxygen atoms in total. The van der Waals surface area contributed by atoms with Gasteiger partial charge in [-0.1, -0.05) is 69.2 Å². The zero-order valence-corrected chi connectivity index (χ0v) is 23.4. The number of nitrogens with one attached hydrogen (secondary N) is 1. The molecule has 0 spiro atoms. The van der Waals surface area contributed by atoms with Crippen LogP contribution in [0, 0.1) is 5.92 Å². The highest BCUT2D eigenvalue weighted by Crippen LogP contribution is 2.28. The maximum atomic E-state index is 13.2. The topological polar surface area (TPSA) is 97.3 Å². The van der Waals surface area contributed by atoms with Crippen molar-refractivity contribution in [2.24, 2.45) is 5.92 Å². The predicted molar refractivity (Wildman–Crippen MR) is 153 cm³/mol. The van der Waals surface area contributed by atoms with Crippen LogP contribution in [0.2, 0.25) is 0 Å². The molecule has 0 bridgehead atoms.